The highest BCUT2D eigenvalue weighted by atomic mass is 35.5. The molecule has 1 unspecified atom stereocenters. The first-order chi connectivity index (χ1) is 7.97. The number of hydrogen-bond acceptors (Lipinski definition) is 5. The van der Waals surface area contributed by atoms with E-state index in [1.165, 1.54) is 10.9 Å². The monoisotopic (exact) mass is 260 g/mol. The molecular weight excluding hydrogens is 248 g/mol. The van der Waals surface area contributed by atoms with Gasteiger partial charge in [0.05, 0.1) is 11.9 Å². The fourth-order valence-electron chi connectivity index (χ4n) is 1.12. The van der Waals surface area contributed by atoms with E-state index in [-0.39, 0.29) is 17.3 Å². The van der Waals surface area contributed by atoms with Crippen LogP contribution in [0.4, 0.5) is 5.69 Å². The molecule has 0 aliphatic heterocycles. The van der Waals surface area contributed by atoms with Gasteiger partial charge in [-0.3, -0.25) is 9.59 Å². The van der Waals surface area contributed by atoms with Crippen molar-refractivity contribution in [1.29, 1.82) is 0 Å². The predicted molar refractivity (Wildman–Crippen MR) is 62.9 cm³/mol. The summed E-state index contributed by atoms with van der Waals surface area (Å²) in [6.45, 7) is 2.03. The van der Waals surface area contributed by atoms with Crippen LogP contribution in [0.2, 0.25) is 5.02 Å². The number of rotatable bonds is 5. The Labute approximate surface area is 102 Å². The minimum Gasteiger partial charge on any atom is -0.381 e. The number of aromatic nitrogens is 2. The molecule has 1 rings (SSSR count). The van der Waals surface area contributed by atoms with Crippen molar-refractivity contribution in [2.75, 3.05) is 11.9 Å². The molecule has 0 radical (unpaired) electrons. The lowest BCUT2D eigenvalue weighted by Gasteiger charge is -2.11. The van der Waals surface area contributed by atoms with Crippen LogP contribution in [-0.2, 0) is 11.3 Å². The SMILES string of the molecule is CCn1ncc(NCC(O)C(N)=O)c(Cl)c1=O. The Hall–Kier alpha value is -1.60. The highest BCUT2D eigenvalue weighted by Gasteiger charge is 2.13. The smallest absolute Gasteiger partial charge is 0.287 e. The topological polar surface area (TPSA) is 110 Å². The van der Waals surface area contributed by atoms with Crippen LogP contribution in [0.1, 0.15) is 6.92 Å². The van der Waals surface area contributed by atoms with Crippen LogP contribution in [0.25, 0.3) is 0 Å². The molecule has 0 bridgehead atoms. The third-order valence-corrected chi connectivity index (χ3v) is 2.46. The van der Waals surface area contributed by atoms with Crippen molar-refractivity contribution in [2.45, 2.75) is 19.6 Å². The minimum atomic E-state index is -1.35. The fourth-order valence-corrected chi connectivity index (χ4v) is 1.33. The van der Waals surface area contributed by atoms with Crippen LogP contribution < -0.4 is 16.6 Å². The van der Waals surface area contributed by atoms with E-state index in [9.17, 15) is 9.59 Å². The second kappa shape index (κ2) is 5.65. The Morgan fingerprint density at radius 2 is 2.41 bits per heavy atom. The van der Waals surface area contributed by atoms with Crippen molar-refractivity contribution in [3.63, 3.8) is 0 Å². The number of hydrogen-bond donors (Lipinski definition) is 3. The third-order valence-electron chi connectivity index (χ3n) is 2.10. The van der Waals surface area contributed by atoms with E-state index in [2.05, 4.69) is 10.4 Å². The summed E-state index contributed by atoms with van der Waals surface area (Å²) >= 11 is 5.81. The van der Waals surface area contributed by atoms with Crippen LogP contribution in [0.15, 0.2) is 11.0 Å². The number of aryl methyl sites for hydroxylation is 1. The van der Waals surface area contributed by atoms with Gasteiger partial charge in [0.2, 0.25) is 5.91 Å². The molecule has 1 aromatic rings. The number of nitrogens with two attached hydrogens (primary N) is 1. The van der Waals surface area contributed by atoms with E-state index in [0.717, 1.165) is 0 Å². The van der Waals surface area contributed by atoms with E-state index in [1.807, 2.05) is 0 Å². The summed E-state index contributed by atoms with van der Waals surface area (Å²) in [6.07, 6.45) is 0.000637. The molecule has 0 saturated heterocycles. The Morgan fingerprint density at radius 3 is 2.94 bits per heavy atom. The largest absolute Gasteiger partial charge is 0.381 e. The highest BCUT2D eigenvalue weighted by molar-refractivity contribution is 6.32. The lowest BCUT2D eigenvalue weighted by molar-refractivity contribution is -0.125. The number of nitrogens with one attached hydrogen (secondary N) is 1. The van der Waals surface area contributed by atoms with Gasteiger partial charge in [-0.1, -0.05) is 11.6 Å². The quantitative estimate of drug-likeness (QED) is 0.640. The maximum atomic E-state index is 11.6. The molecule has 1 amide bonds. The maximum Gasteiger partial charge on any atom is 0.287 e. The van der Waals surface area contributed by atoms with Gasteiger partial charge in [0.15, 0.2) is 0 Å². The number of halogens is 1. The normalized spacial score (nSPS) is 12.2. The van der Waals surface area contributed by atoms with Crippen molar-refractivity contribution in [2.24, 2.45) is 5.73 Å². The number of amides is 1. The number of aliphatic hydroxyl groups is 1. The van der Waals surface area contributed by atoms with Crippen LogP contribution >= 0.6 is 11.6 Å². The number of anilines is 1. The summed E-state index contributed by atoms with van der Waals surface area (Å²) in [4.78, 5) is 22.2. The second-order valence-corrected chi connectivity index (χ2v) is 3.67. The van der Waals surface area contributed by atoms with Crippen LogP contribution in [-0.4, -0.2) is 33.4 Å². The van der Waals surface area contributed by atoms with Crippen molar-refractivity contribution < 1.29 is 9.90 Å². The number of carbonyl (C=O) groups is 1. The van der Waals surface area contributed by atoms with Gasteiger partial charge in [-0.05, 0) is 6.92 Å². The van der Waals surface area contributed by atoms with Gasteiger partial charge in [-0.2, -0.15) is 5.10 Å². The molecule has 1 aromatic heterocycles. The van der Waals surface area contributed by atoms with Gasteiger partial charge in [-0.25, -0.2) is 4.68 Å². The van der Waals surface area contributed by atoms with Gasteiger partial charge in [0.25, 0.3) is 5.56 Å². The zero-order chi connectivity index (χ0) is 13.0. The average molecular weight is 261 g/mol. The molecule has 4 N–H and O–H groups in total. The van der Waals surface area contributed by atoms with E-state index >= 15 is 0 Å². The minimum absolute atomic E-state index is 0.0430. The molecule has 0 aromatic carbocycles. The molecule has 0 fully saturated rings. The Bertz CT molecular complexity index is 474. The summed E-state index contributed by atoms with van der Waals surface area (Å²) < 4.78 is 1.19. The molecule has 1 heterocycles. The molecule has 8 heteroatoms. The summed E-state index contributed by atoms with van der Waals surface area (Å²) in [5, 5.41) is 15.6. The van der Waals surface area contributed by atoms with Crippen molar-refractivity contribution in [1.82, 2.24) is 9.78 Å². The molecule has 7 nitrogen and oxygen atoms in total. The maximum absolute atomic E-state index is 11.6. The molecule has 0 aliphatic rings. The molecule has 1 atom stereocenters. The standard InChI is InChI=1S/C9H13ClN4O3/c1-2-14-9(17)7(10)5(3-13-14)12-4-6(15)8(11)16/h3,6,12,15H,2,4H2,1H3,(H2,11,16). The van der Waals surface area contributed by atoms with Gasteiger partial charge >= 0.3 is 0 Å². The van der Waals surface area contributed by atoms with Crippen molar-refractivity contribution >= 4 is 23.2 Å². The Morgan fingerprint density at radius 1 is 1.76 bits per heavy atom. The van der Waals surface area contributed by atoms with Gasteiger partial charge < -0.3 is 16.2 Å². The van der Waals surface area contributed by atoms with Gasteiger partial charge in [0.1, 0.15) is 11.1 Å². The van der Waals surface area contributed by atoms with Gasteiger partial charge in [0, 0.05) is 13.1 Å². The van der Waals surface area contributed by atoms with Gasteiger partial charge in [-0.15, -0.1) is 0 Å². The zero-order valence-corrected chi connectivity index (χ0v) is 9.94. The van der Waals surface area contributed by atoms with E-state index in [0.29, 0.717) is 6.54 Å². The number of primary amides is 1. The molecule has 0 aliphatic carbocycles. The number of nitrogens with zero attached hydrogens (tertiary/aromatic N) is 2. The Kier molecular flexibility index (Phi) is 4.47. The second-order valence-electron chi connectivity index (χ2n) is 3.29. The summed E-state index contributed by atoms with van der Waals surface area (Å²) in [5.41, 5.74) is 4.68. The van der Waals surface area contributed by atoms with E-state index in [4.69, 9.17) is 22.4 Å². The first-order valence-electron chi connectivity index (χ1n) is 4.94. The predicted octanol–water partition coefficient (Wildman–Crippen LogP) is -0.825. The fraction of sp³-hybridized carbons (Fsp3) is 0.444. The number of carbonyl (C=O) groups excluding carboxylic acids is 1. The van der Waals surface area contributed by atoms with Crippen molar-refractivity contribution in [3.05, 3.63) is 21.6 Å². The van der Waals surface area contributed by atoms with Crippen LogP contribution in [0.5, 0.6) is 0 Å². The zero-order valence-electron chi connectivity index (χ0n) is 9.18. The number of aliphatic hydroxyl groups excluding tert-OH is 1. The summed E-state index contributed by atoms with van der Waals surface area (Å²) in [7, 11) is 0. The van der Waals surface area contributed by atoms with Crippen molar-refractivity contribution in [3.8, 4) is 0 Å². The van der Waals surface area contributed by atoms with Crippen LogP contribution in [0.3, 0.4) is 0 Å². The lowest BCUT2D eigenvalue weighted by Crippen LogP contribution is -2.34. The lowest BCUT2D eigenvalue weighted by atomic mass is 10.3. The highest BCUT2D eigenvalue weighted by Crippen LogP contribution is 2.14. The third kappa shape index (κ3) is 3.18. The molecule has 17 heavy (non-hydrogen) atoms. The average Bonchev–Trinajstić information content (AvgIpc) is 2.30. The molecule has 0 spiro atoms. The molecule has 0 saturated carbocycles. The van der Waals surface area contributed by atoms with E-state index < -0.39 is 17.6 Å². The molecule has 94 valence electrons. The Balaban J connectivity index is 2.83. The summed E-state index contributed by atoms with van der Waals surface area (Å²) in [5.74, 6) is -0.858. The first-order valence-corrected chi connectivity index (χ1v) is 5.32. The van der Waals surface area contributed by atoms with Crippen LogP contribution in [0, 0.1) is 0 Å². The molecular formula is C9H13ClN4O3. The first kappa shape index (κ1) is 13.5. The van der Waals surface area contributed by atoms with E-state index in [1.54, 1.807) is 6.92 Å². The summed E-state index contributed by atoms with van der Waals surface area (Å²) in [6, 6.07) is 0.